The second-order valence-corrected chi connectivity index (χ2v) is 25.6. The molecule has 0 aliphatic carbocycles. The summed E-state index contributed by atoms with van der Waals surface area (Å²) in [6, 6.07) is 0. The van der Waals surface area contributed by atoms with Crippen LogP contribution in [-0.4, -0.2) is 127 Å². The lowest BCUT2D eigenvalue weighted by Crippen LogP contribution is -2.17. The first-order chi connectivity index (χ1) is 22.0. The van der Waals surface area contributed by atoms with Crippen LogP contribution in [0.25, 0.3) is 0 Å². The topological polar surface area (TPSA) is 169 Å². The maximum atomic E-state index is 12.0. The molecule has 2 atom stereocenters. The largest absolute Gasteiger partial charge is 0.610 e. The van der Waals surface area contributed by atoms with E-state index in [-0.39, 0.29) is 22.4 Å². The molecule has 2 amide bonds. The fourth-order valence-corrected chi connectivity index (χ4v) is 16.3. The number of hydrogen-bond acceptors (Lipinski definition) is 21. The molecule has 264 valence electrons. The Balaban J connectivity index is 3.44. The molecule has 0 aliphatic rings. The van der Waals surface area contributed by atoms with E-state index in [1.807, 2.05) is 0 Å². The van der Waals surface area contributed by atoms with Crippen molar-refractivity contribution in [1.29, 1.82) is 0 Å². The van der Waals surface area contributed by atoms with Gasteiger partial charge in [-0.25, -0.2) is 9.98 Å². The van der Waals surface area contributed by atoms with Crippen molar-refractivity contribution in [3.8, 4) is 0 Å². The van der Waals surface area contributed by atoms with Crippen molar-refractivity contribution in [2.45, 2.75) is 0 Å². The summed E-state index contributed by atoms with van der Waals surface area (Å²) in [5.41, 5.74) is 2.97. The number of hydrogen-bond donors (Lipinski definition) is 4. The smallest absolute Gasteiger partial charge is 0.280 e. The lowest BCUT2D eigenvalue weighted by Gasteiger charge is -2.06. The van der Waals surface area contributed by atoms with Crippen molar-refractivity contribution in [2.24, 2.45) is 9.98 Å². The van der Waals surface area contributed by atoms with E-state index >= 15 is 0 Å². The summed E-state index contributed by atoms with van der Waals surface area (Å²) in [5.74, 6) is 2.32. The highest BCUT2D eigenvalue weighted by Gasteiger charge is 2.05. The Kier molecular flexibility index (Phi) is 43.2. The van der Waals surface area contributed by atoms with Crippen LogP contribution < -0.4 is 10.6 Å². The number of carbonyl (C=O) groups excluding carboxylic acids is 2. The molecule has 0 heterocycles. The van der Waals surface area contributed by atoms with Crippen LogP contribution in [0.1, 0.15) is 0 Å². The van der Waals surface area contributed by atoms with Gasteiger partial charge in [0, 0.05) is 63.0 Å². The highest BCUT2D eigenvalue weighted by atomic mass is 32.3. The van der Waals surface area contributed by atoms with Gasteiger partial charge in [-0.05, 0) is 0 Å². The summed E-state index contributed by atoms with van der Waals surface area (Å²) in [4.78, 5) is 31.9. The normalized spacial score (nSPS) is 13.1. The fourth-order valence-electron chi connectivity index (χ4n) is 1.83. The molecule has 0 rings (SSSR count). The number of aliphatic imine (C=N–C) groups is 2. The molecular formula is C20H38N4O6S15. The van der Waals surface area contributed by atoms with Crippen LogP contribution in [0, 0.1) is 0 Å². The van der Waals surface area contributed by atoms with E-state index in [9.17, 15) is 18.7 Å². The molecule has 0 saturated heterocycles. The summed E-state index contributed by atoms with van der Waals surface area (Å²) in [5, 5.41) is 30.0. The minimum absolute atomic E-state index is 0.0438. The van der Waals surface area contributed by atoms with Crippen molar-refractivity contribution in [2.75, 3.05) is 86.2 Å². The summed E-state index contributed by atoms with van der Waals surface area (Å²) >= 11 is 17.6. The van der Waals surface area contributed by atoms with Crippen LogP contribution in [0.4, 0.5) is 9.59 Å². The van der Waals surface area contributed by atoms with Gasteiger partial charge in [-0.15, -0.1) is 106 Å². The minimum Gasteiger partial charge on any atom is -0.610 e. The molecule has 0 radical (unpaired) electrons. The fraction of sp³-hybridized carbons (Fsp3) is 0.800. The zero-order valence-corrected chi connectivity index (χ0v) is 36.3. The molecule has 0 saturated carbocycles. The Labute approximate surface area is 328 Å². The maximum Gasteiger partial charge on any atom is 0.280 e. The van der Waals surface area contributed by atoms with Crippen LogP contribution >= 0.6 is 153 Å². The molecule has 4 N–H and O–H groups in total. The van der Waals surface area contributed by atoms with E-state index in [0.717, 1.165) is 25.4 Å². The third kappa shape index (κ3) is 40.0. The van der Waals surface area contributed by atoms with Crippen LogP contribution in [-0.2, 0) is 22.4 Å². The van der Waals surface area contributed by atoms with Gasteiger partial charge in [0.25, 0.3) is 10.5 Å². The van der Waals surface area contributed by atoms with Gasteiger partial charge in [0.1, 0.15) is 0 Å². The van der Waals surface area contributed by atoms with Crippen molar-refractivity contribution in [1.82, 2.24) is 10.6 Å². The van der Waals surface area contributed by atoms with E-state index < -0.39 is 22.4 Å². The number of aliphatic hydroxyl groups is 2. The van der Waals surface area contributed by atoms with E-state index in [0.29, 0.717) is 48.9 Å². The third-order valence-corrected chi connectivity index (χ3v) is 20.3. The molecule has 0 aromatic carbocycles. The first-order valence-electron chi connectivity index (χ1n) is 12.1. The van der Waals surface area contributed by atoms with E-state index in [1.54, 1.807) is 94.1 Å². The molecule has 2 unspecified atom stereocenters. The van der Waals surface area contributed by atoms with Gasteiger partial charge in [-0.1, -0.05) is 47.0 Å². The van der Waals surface area contributed by atoms with Gasteiger partial charge in [0.05, 0.1) is 35.4 Å². The van der Waals surface area contributed by atoms with Gasteiger partial charge >= 0.3 is 0 Å². The van der Waals surface area contributed by atoms with Gasteiger partial charge in [-0.3, -0.25) is 9.59 Å². The van der Waals surface area contributed by atoms with E-state index in [2.05, 4.69) is 20.6 Å². The maximum absolute atomic E-state index is 12.0. The standard InChI is InChI=1S/C20H38N4O6S15/c25-7-35-11-38-15-42-19(27)23-3-33-10-32-2-22-6-45(30)18-41-14-37-13-39-16-43-20(28)24-4-34-9-31-1-21-5-44(29)17-40-12-36-8-26/h5-6,25-26H,1-4,7-18H2,(H,23,27)(H,24,28)/b21-5-,22-6-. The van der Waals surface area contributed by atoms with Gasteiger partial charge < -0.3 is 30.0 Å². The molecule has 0 aliphatic heterocycles. The highest BCUT2D eigenvalue weighted by molar-refractivity contribution is 8.30. The van der Waals surface area contributed by atoms with Crippen molar-refractivity contribution < 1.29 is 28.9 Å². The van der Waals surface area contributed by atoms with Crippen LogP contribution in [0.2, 0.25) is 0 Å². The molecular weight excluding hydrogens is 873 g/mol. The number of aliphatic hydroxyl groups excluding tert-OH is 2. The lowest BCUT2D eigenvalue weighted by atomic mass is 11.2. The number of amides is 2. The number of carbonyl (C=O) groups is 2. The molecule has 0 spiro atoms. The molecule has 10 nitrogen and oxygen atoms in total. The summed E-state index contributed by atoms with van der Waals surface area (Å²) < 4.78 is 23.7. The Morgan fingerprint density at radius 1 is 0.556 bits per heavy atom. The van der Waals surface area contributed by atoms with Crippen LogP contribution in [0.15, 0.2) is 9.98 Å². The Hall–Kier alpha value is 3.37. The number of rotatable bonds is 32. The van der Waals surface area contributed by atoms with Crippen LogP contribution in [0.3, 0.4) is 0 Å². The van der Waals surface area contributed by atoms with Crippen molar-refractivity contribution >= 4 is 197 Å². The lowest BCUT2D eigenvalue weighted by molar-refractivity contribution is 0.261. The van der Waals surface area contributed by atoms with Crippen LogP contribution in [0.5, 0.6) is 0 Å². The highest BCUT2D eigenvalue weighted by Crippen LogP contribution is 2.22. The van der Waals surface area contributed by atoms with Crippen molar-refractivity contribution in [3.05, 3.63) is 0 Å². The summed E-state index contributed by atoms with van der Waals surface area (Å²) in [7, 11) is 0. The Morgan fingerprint density at radius 3 is 1.40 bits per heavy atom. The third-order valence-electron chi connectivity index (χ3n) is 3.48. The van der Waals surface area contributed by atoms with Gasteiger partial charge in [0.2, 0.25) is 11.1 Å². The summed E-state index contributed by atoms with van der Waals surface area (Å²) in [6.45, 7) is 0. The number of nitrogens with one attached hydrogen (secondary N) is 2. The zero-order valence-electron chi connectivity index (χ0n) is 24.0. The molecule has 0 aromatic heterocycles. The molecule has 0 aromatic rings. The SMILES string of the molecule is O=C(NCSCSC/N=C\[S+]([O-])CSCSCSCSC(=O)NCSCSC/N=C\[S+]([O-])CSCSCO)SCSCSCO. The first-order valence-corrected chi connectivity index (χ1v) is 29.6. The quantitative estimate of drug-likeness (QED) is 0.0183. The average molecular weight is 912 g/mol. The number of thioether (sulfide) groups is 13. The van der Waals surface area contributed by atoms with E-state index in [4.69, 9.17) is 10.2 Å². The second kappa shape index (κ2) is 40.1. The zero-order chi connectivity index (χ0) is 33.1. The average Bonchev–Trinajstić information content (AvgIpc) is 3.03. The Bertz CT molecular complexity index is 757. The molecule has 45 heavy (non-hydrogen) atoms. The summed E-state index contributed by atoms with van der Waals surface area (Å²) in [6.07, 6.45) is 0. The van der Waals surface area contributed by atoms with E-state index in [1.165, 1.54) is 69.9 Å². The predicted molar refractivity (Wildman–Crippen MR) is 231 cm³/mol. The Morgan fingerprint density at radius 2 is 0.933 bits per heavy atom. The minimum atomic E-state index is -1.10. The van der Waals surface area contributed by atoms with Gasteiger partial charge in [0.15, 0.2) is 10.2 Å². The second-order valence-electron chi connectivity index (χ2n) is 6.78. The molecule has 0 bridgehead atoms. The van der Waals surface area contributed by atoms with Crippen molar-refractivity contribution in [3.63, 3.8) is 0 Å². The number of nitrogens with zero attached hydrogens (tertiary/aromatic N) is 2. The van der Waals surface area contributed by atoms with Gasteiger partial charge in [-0.2, -0.15) is 0 Å². The predicted octanol–water partition coefficient (Wildman–Crippen LogP) is 6.80. The monoisotopic (exact) mass is 910 g/mol. The molecule has 0 fully saturated rings. The molecule has 25 heteroatoms. The first kappa shape index (κ1) is 48.4.